The molecule has 0 aliphatic carbocycles. The van der Waals surface area contributed by atoms with Gasteiger partial charge in [-0.3, -0.25) is 0 Å². The number of hydrogen-bond donors (Lipinski definition) is 0. The normalized spacial score (nSPS) is 26.0. The predicted molar refractivity (Wildman–Crippen MR) is 173 cm³/mol. The van der Waals surface area contributed by atoms with E-state index in [1.54, 1.807) is 11.8 Å². The lowest BCUT2D eigenvalue weighted by Gasteiger charge is -2.50. The van der Waals surface area contributed by atoms with Gasteiger partial charge in [-0.1, -0.05) is 87.5 Å². The molecule has 2 aliphatic heterocycles. The third-order valence-corrected chi connectivity index (χ3v) is 14.5. The molecule has 3 aromatic carbocycles. The predicted octanol–water partition coefficient (Wildman–Crippen LogP) is 8.98. The molecule has 41 heavy (non-hydrogen) atoms. The van der Waals surface area contributed by atoms with Crippen LogP contribution in [0.25, 0.3) is 10.8 Å². The highest BCUT2D eigenvalue weighted by atomic mass is 35.5. The van der Waals surface area contributed by atoms with Gasteiger partial charge in [0.1, 0.15) is 18.3 Å². The summed E-state index contributed by atoms with van der Waals surface area (Å²) in [6, 6.07) is 25.3. The van der Waals surface area contributed by atoms with E-state index in [0.29, 0.717) is 19.6 Å². The fraction of sp³-hybridized carbons (Fsp3) is 0.471. The van der Waals surface area contributed by atoms with Gasteiger partial charge in [0.25, 0.3) is 0 Å². The molecular weight excluding hydrogens is 568 g/mol. The summed E-state index contributed by atoms with van der Waals surface area (Å²) in [5.41, 5.74) is 1.14. The Bertz CT molecular complexity index is 1310. The van der Waals surface area contributed by atoms with Crippen molar-refractivity contribution in [3.05, 3.63) is 90.5 Å². The summed E-state index contributed by atoms with van der Waals surface area (Å²) < 4.78 is 27.1. The molecule has 0 radical (unpaired) electrons. The highest BCUT2D eigenvalue weighted by Gasteiger charge is 2.51. The Balaban J connectivity index is 1.44. The Hall–Kier alpha value is -1.64. The Labute approximate surface area is 255 Å². The fourth-order valence-electron chi connectivity index (χ4n) is 5.28. The smallest absolute Gasteiger partial charge is 0.192 e. The molecule has 0 bridgehead atoms. The van der Waals surface area contributed by atoms with Crippen molar-refractivity contribution in [2.24, 2.45) is 0 Å². The first-order chi connectivity index (χ1) is 19.6. The van der Waals surface area contributed by atoms with E-state index < -0.39 is 8.32 Å². The average Bonchev–Trinajstić information content (AvgIpc) is 3.18. The van der Waals surface area contributed by atoms with Crippen LogP contribution in [-0.4, -0.2) is 50.2 Å². The topological polar surface area (TPSA) is 36.9 Å². The second kappa shape index (κ2) is 13.3. The molecule has 0 aromatic heterocycles. The molecule has 2 aliphatic rings. The maximum absolute atomic E-state index is 7.19. The third-order valence-electron chi connectivity index (χ3n) is 8.57. The number of rotatable bonds is 9. The van der Waals surface area contributed by atoms with Gasteiger partial charge in [0.05, 0.1) is 30.1 Å². The van der Waals surface area contributed by atoms with E-state index in [4.69, 9.17) is 30.2 Å². The van der Waals surface area contributed by atoms with Crippen molar-refractivity contribution in [3.8, 4) is 0 Å². The number of thioether (sulfide) groups is 1. The third kappa shape index (κ3) is 7.66. The Morgan fingerprint density at radius 2 is 1.68 bits per heavy atom. The van der Waals surface area contributed by atoms with E-state index in [-0.39, 0.29) is 40.3 Å². The first-order valence-corrected chi connectivity index (χ1v) is 18.9. The summed E-state index contributed by atoms with van der Waals surface area (Å²) >= 11 is 8.68. The van der Waals surface area contributed by atoms with Gasteiger partial charge in [-0.15, -0.1) is 23.4 Å². The van der Waals surface area contributed by atoms with Crippen LogP contribution in [0.5, 0.6) is 0 Å². The van der Waals surface area contributed by atoms with E-state index in [2.05, 4.69) is 101 Å². The van der Waals surface area contributed by atoms with Gasteiger partial charge >= 0.3 is 0 Å². The van der Waals surface area contributed by atoms with Crippen LogP contribution in [0.15, 0.2) is 89.8 Å². The van der Waals surface area contributed by atoms with Crippen molar-refractivity contribution in [2.75, 3.05) is 6.61 Å². The highest BCUT2D eigenvalue weighted by Crippen LogP contribution is 2.43. The largest absolute Gasteiger partial charge is 0.409 e. The molecule has 0 spiro atoms. The molecule has 6 atom stereocenters. The van der Waals surface area contributed by atoms with Crippen molar-refractivity contribution in [1.29, 1.82) is 0 Å². The molecule has 3 aromatic rings. The molecule has 1 unspecified atom stereocenters. The van der Waals surface area contributed by atoms with Gasteiger partial charge in [0.2, 0.25) is 0 Å². The lowest BCUT2D eigenvalue weighted by Crippen LogP contribution is -2.63. The zero-order valence-electron chi connectivity index (χ0n) is 24.8. The first kappa shape index (κ1) is 30.8. The molecule has 5 rings (SSSR count). The second-order valence-electron chi connectivity index (χ2n) is 12.6. The van der Waals surface area contributed by atoms with E-state index in [1.165, 1.54) is 10.8 Å². The van der Waals surface area contributed by atoms with Gasteiger partial charge in [-0.25, -0.2) is 0 Å². The minimum Gasteiger partial charge on any atom is -0.409 e. The van der Waals surface area contributed by atoms with Gasteiger partial charge in [-0.2, -0.15) is 0 Å². The molecule has 2 heterocycles. The molecule has 0 saturated carbocycles. The number of fused-ring (bicyclic) bond motifs is 2. The van der Waals surface area contributed by atoms with Crippen LogP contribution in [0.1, 0.15) is 39.2 Å². The summed E-state index contributed by atoms with van der Waals surface area (Å²) in [6.45, 7) is 12.4. The van der Waals surface area contributed by atoms with Crippen LogP contribution in [0.2, 0.25) is 18.1 Å². The summed E-state index contributed by atoms with van der Waals surface area (Å²) in [4.78, 5) is 1.15. The van der Waals surface area contributed by atoms with Crippen LogP contribution in [0, 0.1) is 0 Å². The Kier molecular flexibility index (Phi) is 10.0. The maximum Gasteiger partial charge on any atom is 0.192 e. The minimum absolute atomic E-state index is 0.0301. The van der Waals surface area contributed by atoms with Crippen molar-refractivity contribution in [3.63, 3.8) is 0 Å². The van der Waals surface area contributed by atoms with Crippen LogP contribution in [0.3, 0.4) is 0 Å². The van der Waals surface area contributed by atoms with Gasteiger partial charge in [-0.05, 0) is 59.1 Å². The van der Waals surface area contributed by atoms with Crippen LogP contribution in [0.4, 0.5) is 0 Å². The monoisotopic (exact) mass is 610 g/mol. The molecule has 220 valence electrons. The van der Waals surface area contributed by atoms with Gasteiger partial charge < -0.3 is 18.6 Å². The van der Waals surface area contributed by atoms with Crippen LogP contribution >= 0.6 is 23.4 Å². The summed E-state index contributed by atoms with van der Waals surface area (Å²) in [5.74, 6) is 0. The molecule has 0 N–H and O–H groups in total. The highest BCUT2D eigenvalue weighted by molar-refractivity contribution is 8.01. The van der Waals surface area contributed by atoms with E-state index in [1.807, 2.05) is 18.2 Å². The minimum atomic E-state index is -2.20. The fourth-order valence-corrected chi connectivity index (χ4v) is 7.98. The van der Waals surface area contributed by atoms with Crippen molar-refractivity contribution < 1.29 is 18.6 Å². The first-order valence-electron chi connectivity index (χ1n) is 14.7. The van der Waals surface area contributed by atoms with Gasteiger partial charge in [0, 0.05) is 11.3 Å². The lowest BCUT2D eigenvalue weighted by atomic mass is 9.92. The quantitative estimate of drug-likeness (QED) is 0.105. The van der Waals surface area contributed by atoms with Crippen molar-refractivity contribution in [1.82, 2.24) is 0 Å². The molecule has 1 saturated heterocycles. The number of halogens is 1. The Morgan fingerprint density at radius 3 is 2.44 bits per heavy atom. The number of hydrogen-bond acceptors (Lipinski definition) is 5. The molecule has 1 fully saturated rings. The van der Waals surface area contributed by atoms with Crippen LogP contribution < -0.4 is 0 Å². The standard InChI is InChI=1S/C34H43ClO4SSi/c1-34(2,3)41(4,5)39-32-29(22-30(35)40-27-15-7-6-8-16-27)38-28-17-11-12-20-36-31(28)33(32)37-23-24-18-19-25-13-9-10-14-26(25)21-24/h6-16,18-19,21,28-33H,17,20,22-23H2,1-5H3/t28-,29+,30?,31-,32+,33+/m0/s1. The van der Waals surface area contributed by atoms with Crippen molar-refractivity contribution in [2.45, 2.75) is 98.5 Å². The number of ether oxygens (including phenoxy) is 3. The van der Waals surface area contributed by atoms with Gasteiger partial charge in [0.15, 0.2) is 8.32 Å². The Morgan fingerprint density at radius 1 is 0.951 bits per heavy atom. The zero-order valence-corrected chi connectivity index (χ0v) is 27.4. The molecule has 0 amide bonds. The van der Waals surface area contributed by atoms with E-state index in [9.17, 15) is 0 Å². The lowest BCUT2D eigenvalue weighted by molar-refractivity contribution is -0.242. The molecule has 4 nitrogen and oxygen atoms in total. The summed E-state index contributed by atoms with van der Waals surface area (Å²) in [7, 11) is -2.20. The second-order valence-corrected chi connectivity index (χ2v) is 19.4. The average molecular weight is 611 g/mol. The van der Waals surface area contributed by atoms with E-state index in [0.717, 1.165) is 16.9 Å². The zero-order chi connectivity index (χ0) is 29.0. The van der Waals surface area contributed by atoms with Crippen molar-refractivity contribution >= 4 is 42.5 Å². The number of alkyl halides is 1. The molecule has 7 heteroatoms. The maximum atomic E-state index is 7.19. The van der Waals surface area contributed by atoms with E-state index >= 15 is 0 Å². The SMILES string of the molecule is CC(C)(C)[Si](C)(C)O[C@H]1[C@H](OCc2ccc3ccccc3c2)[C@H]2OCC=CC[C@@H]2O[C@@H]1CC(Cl)Sc1ccccc1. The summed E-state index contributed by atoms with van der Waals surface area (Å²) in [6.07, 6.45) is 4.51. The molecular formula is C34H43ClO4SSi. The summed E-state index contributed by atoms with van der Waals surface area (Å²) in [5, 5.41) is 2.47. The number of benzene rings is 3. The van der Waals surface area contributed by atoms with Crippen LogP contribution in [-0.2, 0) is 25.2 Å².